The highest BCUT2D eigenvalue weighted by Gasteiger charge is 2.58. The zero-order chi connectivity index (χ0) is 25.3. The monoisotopic (exact) mass is 492 g/mol. The molecule has 1 aliphatic heterocycles. The number of aromatic nitrogens is 6. The fourth-order valence-electron chi connectivity index (χ4n) is 4.30. The van der Waals surface area contributed by atoms with Crippen molar-refractivity contribution in [1.82, 2.24) is 29.7 Å². The predicted molar refractivity (Wildman–Crippen MR) is 113 cm³/mol. The summed E-state index contributed by atoms with van der Waals surface area (Å²) in [6.45, 7) is 0. The fraction of sp³-hybridized carbons (Fsp3) is 0.429. The van der Waals surface area contributed by atoms with E-state index in [0.29, 0.717) is 5.39 Å². The molecule has 1 unspecified atom stereocenters. The van der Waals surface area contributed by atoms with Gasteiger partial charge in [0.05, 0.1) is 17.1 Å². The third kappa shape index (κ3) is 3.36. The molecule has 182 valence electrons. The Balaban J connectivity index is 1.61. The summed E-state index contributed by atoms with van der Waals surface area (Å²) in [5.74, 6) is -3.25. The summed E-state index contributed by atoms with van der Waals surface area (Å²) in [6, 6.07) is 0. The zero-order valence-corrected chi connectivity index (χ0v) is 18.1. The molecule has 0 aromatic carbocycles. The SMILES string of the molecule is C#CC1(C2CC2)C(=O)Nc2nc(-c3nc(CCC(F)(F)C(F)(F)F)nc4c3cnn4C)nc(N)c21. The van der Waals surface area contributed by atoms with E-state index >= 15 is 0 Å². The van der Waals surface area contributed by atoms with Gasteiger partial charge in [-0.1, -0.05) is 5.92 Å². The highest BCUT2D eigenvalue weighted by molar-refractivity contribution is 6.10. The van der Waals surface area contributed by atoms with E-state index in [1.807, 2.05) is 0 Å². The van der Waals surface area contributed by atoms with E-state index in [4.69, 9.17) is 12.2 Å². The van der Waals surface area contributed by atoms with Crippen molar-refractivity contribution in [1.29, 1.82) is 0 Å². The summed E-state index contributed by atoms with van der Waals surface area (Å²) in [7, 11) is 1.52. The average Bonchev–Trinajstić information content (AvgIpc) is 3.50. The maximum atomic E-state index is 13.5. The van der Waals surface area contributed by atoms with E-state index in [1.54, 1.807) is 0 Å². The number of aryl methyl sites for hydroxylation is 2. The van der Waals surface area contributed by atoms with Crippen LogP contribution in [0.3, 0.4) is 0 Å². The number of amides is 1. The molecule has 0 radical (unpaired) electrons. The summed E-state index contributed by atoms with van der Waals surface area (Å²) in [5.41, 5.74) is 5.40. The molecule has 1 amide bonds. The summed E-state index contributed by atoms with van der Waals surface area (Å²) in [5, 5.41) is 7.00. The number of carbonyl (C=O) groups is 1. The Morgan fingerprint density at radius 3 is 2.57 bits per heavy atom. The molecule has 0 bridgehead atoms. The molecular formula is C21H17F5N8O. The van der Waals surface area contributed by atoms with Crippen LogP contribution in [0.1, 0.15) is 30.7 Å². The Morgan fingerprint density at radius 2 is 1.94 bits per heavy atom. The lowest BCUT2D eigenvalue weighted by atomic mass is 9.78. The first-order valence-electron chi connectivity index (χ1n) is 10.5. The van der Waals surface area contributed by atoms with Gasteiger partial charge in [0, 0.05) is 19.9 Å². The molecule has 3 N–H and O–H groups in total. The maximum absolute atomic E-state index is 13.5. The van der Waals surface area contributed by atoms with Crippen LogP contribution in [0.5, 0.6) is 0 Å². The van der Waals surface area contributed by atoms with Crippen molar-refractivity contribution >= 4 is 28.6 Å². The molecule has 2 aliphatic rings. The van der Waals surface area contributed by atoms with E-state index in [9.17, 15) is 26.7 Å². The largest absolute Gasteiger partial charge is 0.453 e. The van der Waals surface area contributed by atoms with Crippen LogP contribution in [0, 0.1) is 18.3 Å². The van der Waals surface area contributed by atoms with E-state index in [0.717, 1.165) is 12.8 Å². The van der Waals surface area contributed by atoms with Gasteiger partial charge in [0.2, 0.25) is 5.91 Å². The van der Waals surface area contributed by atoms with Gasteiger partial charge in [-0.2, -0.15) is 27.1 Å². The normalized spacial score (nSPS) is 20.1. The fourth-order valence-corrected chi connectivity index (χ4v) is 4.30. The summed E-state index contributed by atoms with van der Waals surface area (Å²) in [4.78, 5) is 29.7. The first kappa shape index (κ1) is 22.9. The smallest absolute Gasteiger partial charge is 0.383 e. The molecule has 35 heavy (non-hydrogen) atoms. The number of halogens is 5. The first-order valence-corrected chi connectivity index (χ1v) is 10.5. The molecule has 3 aromatic rings. The van der Waals surface area contributed by atoms with Gasteiger partial charge < -0.3 is 11.1 Å². The number of hydrogen-bond acceptors (Lipinski definition) is 7. The van der Waals surface area contributed by atoms with E-state index < -0.39 is 36.3 Å². The van der Waals surface area contributed by atoms with Gasteiger partial charge in [-0.3, -0.25) is 9.48 Å². The number of alkyl halides is 5. The standard InChI is InChI=1S/C21H17F5N8O/c1-3-19(9-4-5-9)12-14(27)31-16(32-15(12)33-18(19)35)13-10-8-28-34(2)17(10)30-11(29-13)6-7-20(22,23)21(24,25)26/h1,8-9H,4-7H2,2H3,(H3,27,31,32,33,35). The second-order valence-electron chi connectivity index (χ2n) is 8.53. The Labute approximate surface area is 194 Å². The first-order chi connectivity index (χ1) is 16.4. The number of nitrogens with two attached hydrogens (primary N) is 1. The molecule has 1 aliphatic carbocycles. The Morgan fingerprint density at radius 1 is 1.23 bits per heavy atom. The molecule has 0 saturated heterocycles. The average molecular weight is 492 g/mol. The highest BCUT2D eigenvalue weighted by atomic mass is 19.4. The number of anilines is 2. The Kier molecular flexibility index (Phi) is 4.77. The molecule has 1 fully saturated rings. The van der Waals surface area contributed by atoms with Crippen LogP contribution in [0.2, 0.25) is 0 Å². The van der Waals surface area contributed by atoms with Crippen molar-refractivity contribution in [2.45, 2.75) is 43.2 Å². The van der Waals surface area contributed by atoms with Gasteiger partial charge in [0.1, 0.15) is 28.6 Å². The second-order valence-corrected chi connectivity index (χ2v) is 8.53. The highest BCUT2D eigenvalue weighted by Crippen LogP contribution is 2.54. The van der Waals surface area contributed by atoms with E-state index in [1.165, 1.54) is 17.9 Å². The molecular weight excluding hydrogens is 475 g/mol. The molecule has 1 saturated carbocycles. The number of nitrogen functional groups attached to an aromatic ring is 1. The van der Waals surface area contributed by atoms with Crippen LogP contribution in [0.15, 0.2) is 6.20 Å². The van der Waals surface area contributed by atoms with Gasteiger partial charge in [0.15, 0.2) is 11.5 Å². The predicted octanol–water partition coefficient (Wildman–Crippen LogP) is 2.77. The van der Waals surface area contributed by atoms with Crippen LogP contribution in [0.4, 0.5) is 33.6 Å². The molecule has 5 rings (SSSR count). The Hall–Kier alpha value is -3.89. The number of rotatable bonds is 5. The van der Waals surface area contributed by atoms with Crippen molar-refractivity contribution in [3.05, 3.63) is 17.6 Å². The third-order valence-electron chi connectivity index (χ3n) is 6.27. The van der Waals surface area contributed by atoms with Crippen molar-refractivity contribution in [2.24, 2.45) is 13.0 Å². The van der Waals surface area contributed by atoms with Crippen molar-refractivity contribution in [3.63, 3.8) is 0 Å². The number of fused-ring (bicyclic) bond motifs is 2. The molecule has 14 heteroatoms. The van der Waals surface area contributed by atoms with E-state index in [-0.39, 0.29) is 46.1 Å². The van der Waals surface area contributed by atoms with Crippen LogP contribution in [-0.4, -0.2) is 47.7 Å². The number of hydrogen-bond donors (Lipinski definition) is 2. The number of nitrogens with one attached hydrogen (secondary N) is 1. The van der Waals surface area contributed by atoms with Gasteiger partial charge in [-0.15, -0.1) is 6.42 Å². The molecule has 9 nitrogen and oxygen atoms in total. The molecule has 3 aromatic heterocycles. The summed E-state index contributed by atoms with van der Waals surface area (Å²) < 4.78 is 66.1. The van der Waals surface area contributed by atoms with Crippen molar-refractivity contribution < 1.29 is 26.7 Å². The zero-order valence-electron chi connectivity index (χ0n) is 18.1. The number of nitrogens with zero attached hydrogens (tertiary/aromatic N) is 6. The van der Waals surface area contributed by atoms with Crippen LogP contribution >= 0.6 is 0 Å². The van der Waals surface area contributed by atoms with Gasteiger partial charge in [-0.25, -0.2) is 19.9 Å². The number of carbonyl (C=O) groups excluding carboxylic acids is 1. The second kappa shape index (κ2) is 7.30. The van der Waals surface area contributed by atoms with Gasteiger partial charge in [0.25, 0.3) is 0 Å². The topological polar surface area (TPSA) is 124 Å². The minimum atomic E-state index is -5.70. The quantitative estimate of drug-likeness (QED) is 0.415. The minimum Gasteiger partial charge on any atom is -0.383 e. The molecule has 4 heterocycles. The lowest BCUT2D eigenvalue weighted by Gasteiger charge is -2.21. The van der Waals surface area contributed by atoms with Gasteiger partial charge in [-0.05, 0) is 18.8 Å². The summed E-state index contributed by atoms with van der Waals surface area (Å²) >= 11 is 0. The van der Waals surface area contributed by atoms with Crippen LogP contribution in [0.25, 0.3) is 22.6 Å². The maximum Gasteiger partial charge on any atom is 0.453 e. The van der Waals surface area contributed by atoms with Crippen molar-refractivity contribution in [3.8, 4) is 23.9 Å². The Bertz CT molecular complexity index is 1420. The minimum absolute atomic E-state index is 0.0156. The van der Waals surface area contributed by atoms with Crippen LogP contribution < -0.4 is 11.1 Å². The van der Waals surface area contributed by atoms with Crippen LogP contribution in [-0.2, 0) is 23.7 Å². The van der Waals surface area contributed by atoms with Crippen molar-refractivity contribution in [2.75, 3.05) is 11.1 Å². The number of terminal acetylenes is 1. The molecule has 0 spiro atoms. The third-order valence-corrected chi connectivity index (χ3v) is 6.27. The lowest BCUT2D eigenvalue weighted by Crippen LogP contribution is -2.36. The lowest BCUT2D eigenvalue weighted by molar-refractivity contribution is -0.284. The van der Waals surface area contributed by atoms with E-state index in [2.05, 4.69) is 36.3 Å². The molecule has 1 atom stereocenters. The van der Waals surface area contributed by atoms with Gasteiger partial charge >= 0.3 is 12.1 Å². The summed E-state index contributed by atoms with van der Waals surface area (Å²) in [6.07, 6.45) is 0.568.